The third-order valence-electron chi connectivity index (χ3n) is 2.09. The summed E-state index contributed by atoms with van der Waals surface area (Å²) in [4.78, 5) is 4.41. The summed E-state index contributed by atoms with van der Waals surface area (Å²) in [6.45, 7) is 5.79. The number of halogens is 3. The van der Waals surface area contributed by atoms with Crippen molar-refractivity contribution in [3.8, 4) is 0 Å². The summed E-state index contributed by atoms with van der Waals surface area (Å²) in [6, 6.07) is 5.99. The van der Waals surface area contributed by atoms with Crippen LogP contribution in [0.5, 0.6) is 0 Å². The molecule has 0 unspecified atom stereocenters. The zero-order chi connectivity index (χ0) is 12.0. The average molecular weight is 385 g/mol. The van der Waals surface area contributed by atoms with E-state index in [0.29, 0.717) is 0 Å². The average Bonchev–Trinajstić information content (AvgIpc) is 2.24. The Hall–Kier alpha value is -0.0600. The van der Waals surface area contributed by atoms with E-state index < -0.39 is 0 Å². The van der Waals surface area contributed by atoms with Crippen molar-refractivity contribution < 1.29 is 0 Å². The van der Waals surface area contributed by atoms with Crippen molar-refractivity contribution in [2.45, 2.75) is 20.3 Å². The normalized spacial score (nSPS) is 10.9. The molecule has 0 spiro atoms. The van der Waals surface area contributed by atoms with Gasteiger partial charge in [0, 0.05) is 24.0 Å². The van der Waals surface area contributed by atoms with Crippen LogP contribution in [0.4, 0.5) is 0 Å². The lowest BCUT2D eigenvalue weighted by atomic mass is 10.1. The van der Waals surface area contributed by atoms with Gasteiger partial charge in [0.1, 0.15) is 5.84 Å². The molecule has 0 aliphatic heterocycles. The van der Waals surface area contributed by atoms with Crippen molar-refractivity contribution in [3.63, 3.8) is 0 Å². The Bertz CT molecular complexity index is 381. The van der Waals surface area contributed by atoms with Gasteiger partial charge in [-0.15, -0.1) is 17.0 Å². The Morgan fingerprint density at radius 2 is 2.12 bits per heavy atom. The summed E-state index contributed by atoms with van der Waals surface area (Å²) in [5.41, 5.74) is 1.17. The molecule has 96 valence electrons. The molecule has 1 aromatic rings. The van der Waals surface area contributed by atoms with Crippen LogP contribution in [0.15, 0.2) is 27.7 Å². The van der Waals surface area contributed by atoms with Crippen LogP contribution in [-0.2, 0) is 6.42 Å². The fourth-order valence-corrected chi connectivity index (χ4v) is 1.86. The quantitative estimate of drug-likeness (QED) is 0.609. The molecular formula is C12H17Br2ClN2. The molecule has 0 saturated heterocycles. The third kappa shape index (κ3) is 5.89. The highest BCUT2D eigenvalue weighted by Gasteiger charge is 2.02. The van der Waals surface area contributed by atoms with Crippen LogP contribution < -0.4 is 5.32 Å². The van der Waals surface area contributed by atoms with Crippen molar-refractivity contribution in [2.75, 3.05) is 13.1 Å². The van der Waals surface area contributed by atoms with Crippen LogP contribution in [0.2, 0.25) is 5.02 Å². The van der Waals surface area contributed by atoms with Gasteiger partial charge in [-0.2, -0.15) is 0 Å². The summed E-state index contributed by atoms with van der Waals surface area (Å²) in [5, 5.41) is 4.00. The van der Waals surface area contributed by atoms with Crippen LogP contribution in [0.1, 0.15) is 19.4 Å². The minimum Gasteiger partial charge on any atom is -0.374 e. The van der Waals surface area contributed by atoms with Gasteiger partial charge in [-0.05, 0) is 47.5 Å². The van der Waals surface area contributed by atoms with Crippen molar-refractivity contribution in [3.05, 3.63) is 33.3 Å². The number of aliphatic imine (C=N–C) groups is 1. The summed E-state index contributed by atoms with van der Waals surface area (Å²) in [6.07, 6.45) is 0.800. The molecule has 1 aromatic carbocycles. The molecule has 0 aromatic heterocycles. The third-order valence-corrected chi connectivity index (χ3v) is 3.32. The molecule has 0 radical (unpaired) electrons. The number of nitrogens with zero attached hydrogens (tertiary/aromatic N) is 1. The second-order valence-electron chi connectivity index (χ2n) is 3.38. The summed E-state index contributed by atoms with van der Waals surface area (Å²) < 4.78 is 0.926. The highest BCUT2D eigenvalue weighted by atomic mass is 79.9. The molecule has 0 amide bonds. The number of hydrogen-bond donors (Lipinski definition) is 1. The van der Waals surface area contributed by atoms with E-state index in [1.165, 1.54) is 5.56 Å². The van der Waals surface area contributed by atoms with Crippen molar-refractivity contribution in [2.24, 2.45) is 4.99 Å². The van der Waals surface area contributed by atoms with E-state index in [1.54, 1.807) is 0 Å². The standard InChI is InChI=1S/C12H16BrClN2.BrH/c1-3-15-12(16-4-2)8-9-5-6-10(13)11(14)7-9;/h5-7H,3-4,8H2,1-2H3,(H,15,16);1H. The second-order valence-corrected chi connectivity index (χ2v) is 4.64. The molecule has 0 bridgehead atoms. The molecule has 0 atom stereocenters. The molecule has 0 saturated carbocycles. The Morgan fingerprint density at radius 3 is 2.65 bits per heavy atom. The van der Waals surface area contributed by atoms with Crippen LogP contribution in [0, 0.1) is 0 Å². The minimum absolute atomic E-state index is 0. The maximum Gasteiger partial charge on any atom is 0.101 e. The predicted octanol–water partition coefficient (Wildman–Crippen LogP) is 4.25. The summed E-state index contributed by atoms with van der Waals surface area (Å²) in [5.74, 6) is 1.02. The van der Waals surface area contributed by atoms with Gasteiger partial charge in [-0.25, -0.2) is 0 Å². The summed E-state index contributed by atoms with van der Waals surface area (Å²) in [7, 11) is 0. The van der Waals surface area contributed by atoms with Crippen LogP contribution in [0.3, 0.4) is 0 Å². The van der Waals surface area contributed by atoms with Gasteiger partial charge >= 0.3 is 0 Å². The number of rotatable bonds is 4. The monoisotopic (exact) mass is 382 g/mol. The first-order valence-electron chi connectivity index (χ1n) is 5.38. The molecule has 0 aliphatic carbocycles. The van der Waals surface area contributed by atoms with E-state index in [0.717, 1.165) is 34.8 Å². The van der Waals surface area contributed by atoms with Crippen molar-refractivity contribution in [1.82, 2.24) is 5.32 Å². The van der Waals surface area contributed by atoms with Crippen LogP contribution in [0.25, 0.3) is 0 Å². The zero-order valence-corrected chi connectivity index (χ0v) is 14.0. The number of hydrogen-bond acceptors (Lipinski definition) is 1. The molecule has 0 aliphatic rings. The Morgan fingerprint density at radius 1 is 1.41 bits per heavy atom. The minimum atomic E-state index is 0. The highest BCUT2D eigenvalue weighted by molar-refractivity contribution is 9.10. The first-order valence-corrected chi connectivity index (χ1v) is 6.55. The number of nitrogens with one attached hydrogen (secondary N) is 1. The molecule has 0 fully saturated rings. The molecule has 0 heterocycles. The molecule has 1 N–H and O–H groups in total. The number of amidine groups is 1. The van der Waals surface area contributed by atoms with E-state index in [2.05, 4.69) is 39.2 Å². The number of benzene rings is 1. The summed E-state index contributed by atoms with van der Waals surface area (Å²) >= 11 is 9.42. The smallest absolute Gasteiger partial charge is 0.101 e. The lowest BCUT2D eigenvalue weighted by Crippen LogP contribution is -2.25. The van der Waals surface area contributed by atoms with Gasteiger partial charge in [0.05, 0.1) is 5.02 Å². The zero-order valence-electron chi connectivity index (χ0n) is 9.96. The first kappa shape index (κ1) is 16.9. The van der Waals surface area contributed by atoms with Crippen LogP contribution in [-0.4, -0.2) is 18.9 Å². The Labute approximate surface area is 127 Å². The van der Waals surface area contributed by atoms with Crippen molar-refractivity contribution in [1.29, 1.82) is 0 Å². The van der Waals surface area contributed by atoms with Gasteiger partial charge in [0.15, 0.2) is 0 Å². The SMILES string of the molecule is Br.CCN=C(Cc1ccc(Br)c(Cl)c1)NCC. The van der Waals surface area contributed by atoms with E-state index in [9.17, 15) is 0 Å². The van der Waals surface area contributed by atoms with Gasteiger partial charge in [0.25, 0.3) is 0 Å². The molecule has 17 heavy (non-hydrogen) atoms. The maximum atomic E-state index is 6.04. The first-order chi connectivity index (χ1) is 7.67. The Kier molecular flexibility index (Phi) is 8.92. The topological polar surface area (TPSA) is 24.4 Å². The molecule has 5 heteroatoms. The lowest BCUT2D eigenvalue weighted by Gasteiger charge is -2.08. The second kappa shape index (κ2) is 8.95. The van der Waals surface area contributed by atoms with Crippen LogP contribution >= 0.6 is 44.5 Å². The molecular weight excluding hydrogens is 367 g/mol. The van der Waals surface area contributed by atoms with E-state index in [1.807, 2.05) is 19.1 Å². The van der Waals surface area contributed by atoms with Gasteiger partial charge in [-0.3, -0.25) is 4.99 Å². The lowest BCUT2D eigenvalue weighted by molar-refractivity contribution is 0.922. The highest BCUT2D eigenvalue weighted by Crippen LogP contribution is 2.23. The fourth-order valence-electron chi connectivity index (χ4n) is 1.41. The number of likely N-dealkylation sites (N-methyl/N-ethyl adjacent to an activating group) is 1. The van der Waals surface area contributed by atoms with E-state index in [-0.39, 0.29) is 17.0 Å². The van der Waals surface area contributed by atoms with E-state index in [4.69, 9.17) is 11.6 Å². The molecule has 1 rings (SSSR count). The Balaban J connectivity index is 0.00000256. The largest absolute Gasteiger partial charge is 0.374 e. The van der Waals surface area contributed by atoms with Crippen molar-refractivity contribution >= 4 is 50.3 Å². The predicted molar refractivity (Wildman–Crippen MR) is 84.8 cm³/mol. The fraction of sp³-hybridized carbons (Fsp3) is 0.417. The van der Waals surface area contributed by atoms with E-state index >= 15 is 0 Å². The van der Waals surface area contributed by atoms with Gasteiger partial charge < -0.3 is 5.32 Å². The van der Waals surface area contributed by atoms with Gasteiger partial charge in [0.2, 0.25) is 0 Å². The maximum absolute atomic E-state index is 6.04. The molecule has 2 nitrogen and oxygen atoms in total. The van der Waals surface area contributed by atoms with Gasteiger partial charge in [-0.1, -0.05) is 17.7 Å².